The molecule has 0 atom stereocenters. The summed E-state index contributed by atoms with van der Waals surface area (Å²) in [5.74, 6) is -0.760. The maximum Gasteiger partial charge on any atom is 0.312 e. The van der Waals surface area contributed by atoms with Crippen LogP contribution in [0.5, 0.6) is 5.75 Å². The Morgan fingerprint density at radius 3 is 2.52 bits per heavy atom. The highest BCUT2D eigenvalue weighted by molar-refractivity contribution is 7.89. The monoisotopic (exact) mass is 467 g/mol. The van der Waals surface area contributed by atoms with Gasteiger partial charge in [0.25, 0.3) is 5.91 Å². The van der Waals surface area contributed by atoms with Gasteiger partial charge in [0.15, 0.2) is 12.4 Å². The zero-order chi connectivity index (χ0) is 22.8. The van der Waals surface area contributed by atoms with Crippen LogP contribution in [0.15, 0.2) is 35.2 Å². The summed E-state index contributed by atoms with van der Waals surface area (Å²) in [4.78, 5) is 22.8. The molecule has 11 heteroatoms. The lowest BCUT2D eigenvalue weighted by atomic mass is 10.1. The molecule has 0 aromatic heterocycles. The zero-order valence-corrected chi connectivity index (χ0v) is 18.6. The number of carbonyl (C=O) groups excluding carboxylic acids is 1. The van der Waals surface area contributed by atoms with Crippen molar-refractivity contribution in [3.8, 4) is 5.75 Å². The molecule has 1 aliphatic rings. The average molecular weight is 468 g/mol. The molecule has 2 aromatic rings. The molecule has 1 N–H and O–H groups in total. The first-order valence-corrected chi connectivity index (χ1v) is 11.4. The first-order valence-electron chi connectivity index (χ1n) is 9.57. The lowest BCUT2D eigenvalue weighted by Gasteiger charge is -2.16. The molecule has 1 saturated heterocycles. The number of sulfonamides is 1. The number of hydrogen-bond acceptors (Lipinski definition) is 6. The van der Waals surface area contributed by atoms with E-state index < -0.39 is 33.1 Å². The Labute approximate surface area is 185 Å². The molecular weight excluding hydrogens is 446 g/mol. The van der Waals surface area contributed by atoms with Gasteiger partial charge in [0, 0.05) is 19.2 Å². The number of carbonyl (C=O) groups is 1. The average Bonchev–Trinajstić information content (AvgIpc) is 3.24. The number of nitrogens with one attached hydrogen (secondary N) is 1. The van der Waals surface area contributed by atoms with Gasteiger partial charge in [0.1, 0.15) is 0 Å². The fraction of sp³-hybridized carbons (Fsp3) is 0.350. The van der Waals surface area contributed by atoms with Crippen molar-refractivity contribution >= 4 is 38.9 Å². The Bertz CT molecular complexity index is 1110. The van der Waals surface area contributed by atoms with Gasteiger partial charge in [-0.3, -0.25) is 14.9 Å². The summed E-state index contributed by atoms with van der Waals surface area (Å²) in [6.07, 6.45) is 1.50. The van der Waals surface area contributed by atoms with Gasteiger partial charge in [0.05, 0.1) is 20.5 Å². The van der Waals surface area contributed by atoms with Gasteiger partial charge in [-0.25, -0.2) is 8.42 Å². The van der Waals surface area contributed by atoms with E-state index in [9.17, 15) is 23.3 Å². The van der Waals surface area contributed by atoms with Crippen molar-refractivity contribution < 1.29 is 22.9 Å². The number of benzene rings is 2. The van der Waals surface area contributed by atoms with Gasteiger partial charge >= 0.3 is 5.69 Å². The van der Waals surface area contributed by atoms with Crippen molar-refractivity contribution in [2.75, 3.05) is 25.0 Å². The van der Waals surface area contributed by atoms with Crippen LogP contribution in [0.1, 0.15) is 24.0 Å². The van der Waals surface area contributed by atoms with Crippen LogP contribution >= 0.6 is 11.6 Å². The van der Waals surface area contributed by atoms with Crippen LogP contribution in [-0.4, -0.2) is 43.2 Å². The molecule has 9 nitrogen and oxygen atoms in total. The lowest BCUT2D eigenvalue weighted by molar-refractivity contribution is -0.386. The van der Waals surface area contributed by atoms with Crippen molar-refractivity contribution in [1.29, 1.82) is 0 Å². The van der Waals surface area contributed by atoms with E-state index in [0.717, 1.165) is 30.0 Å². The molecule has 2 aromatic carbocycles. The van der Waals surface area contributed by atoms with Crippen LogP contribution in [0.3, 0.4) is 0 Å². The number of aryl methyl sites for hydroxylation is 2. The first kappa shape index (κ1) is 23.0. The third kappa shape index (κ3) is 5.15. The number of ether oxygens (including phenoxy) is 1. The Morgan fingerprint density at radius 1 is 1.23 bits per heavy atom. The quantitative estimate of drug-likeness (QED) is 0.490. The number of nitrogens with zero attached hydrogens (tertiary/aromatic N) is 2. The van der Waals surface area contributed by atoms with Gasteiger partial charge in [-0.15, -0.1) is 0 Å². The third-order valence-corrected chi connectivity index (χ3v) is 7.08. The smallest absolute Gasteiger partial charge is 0.312 e. The number of amides is 1. The van der Waals surface area contributed by atoms with Crippen molar-refractivity contribution in [3.05, 3.63) is 56.6 Å². The maximum absolute atomic E-state index is 12.7. The van der Waals surface area contributed by atoms with E-state index in [1.165, 1.54) is 16.4 Å². The zero-order valence-electron chi connectivity index (χ0n) is 17.1. The fourth-order valence-corrected chi connectivity index (χ4v) is 5.30. The summed E-state index contributed by atoms with van der Waals surface area (Å²) in [7, 11) is -3.82. The Kier molecular flexibility index (Phi) is 6.83. The van der Waals surface area contributed by atoms with Crippen LogP contribution < -0.4 is 10.1 Å². The van der Waals surface area contributed by atoms with Crippen LogP contribution in [0.2, 0.25) is 5.02 Å². The molecule has 0 spiro atoms. The molecule has 0 radical (unpaired) electrons. The molecule has 3 rings (SSSR count). The van der Waals surface area contributed by atoms with Crippen LogP contribution in [-0.2, 0) is 14.8 Å². The minimum atomic E-state index is -3.82. The largest absolute Gasteiger partial charge is 0.477 e. The predicted molar refractivity (Wildman–Crippen MR) is 116 cm³/mol. The molecule has 0 saturated carbocycles. The predicted octanol–water partition coefficient (Wildman–Crippen LogP) is 3.67. The van der Waals surface area contributed by atoms with Gasteiger partial charge in [-0.05, 0) is 56.0 Å². The van der Waals surface area contributed by atoms with Crippen LogP contribution in [0, 0.1) is 24.0 Å². The molecule has 31 heavy (non-hydrogen) atoms. The van der Waals surface area contributed by atoms with Gasteiger partial charge in [-0.1, -0.05) is 17.7 Å². The number of anilines is 1. The van der Waals surface area contributed by atoms with E-state index in [0.29, 0.717) is 23.8 Å². The van der Waals surface area contributed by atoms with Crippen molar-refractivity contribution in [2.24, 2.45) is 0 Å². The van der Waals surface area contributed by atoms with Crippen LogP contribution in [0.25, 0.3) is 0 Å². The summed E-state index contributed by atoms with van der Waals surface area (Å²) < 4.78 is 32.0. The summed E-state index contributed by atoms with van der Waals surface area (Å²) in [5, 5.41) is 14.5. The lowest BCUT2D eigenvalue weighted by Crippen LogP contribution is -2.28. The SMILES string of the molecule is Cc1cc(C)c(NC(=O)COc2ccc(S(=O)(=O)N3CCCC3)cc2[N+](=O)[O-])c(Cl)c1. The van der Waals surface area contributed by atoms with Gasteiger partial charge in [-0.2, -0.15) is 4.31 Å². The molecule has 0 unspecified atom stereocenters. The normalized spacial score (nSPS) is 14.4. The second-order valence-electron chi connectivity index (χ2n) is 7.27. The maximum atomic E-state index is 12.7. The molecule has 1 heterocycles. The highest BCUT2D eigenvalue weighted by Crippen LogP contribution is 2.32. The van der Waals surface area contributed by atoms with E-state index in [2.05, 4.69) is 5.32 Å². The highest BCUT2D eigenvalue weighted by atomic mass is 35.5. The number of nitro groups is 1. The van der Waals surface area contributed by atoms with E-state index in [1.54, 1.807) is 13.0 Å². The Balaban J connectivity index is 1.76. The number of hydrogen-bond donors (Lipinski definition) is 1. The Morgan fingerprint density at radius 2 is 1.90 bits per heavy atom. The van der Waals surface area contributed by atoms with Crippen molar-refractivity contribution in [3.63, 3.8) is 0 Å². The molecule has 166 valence electrons. The minimum Gasteiger partial charge on any atom is -0.477 e. The third-order valence-electron chi connectivity index (χ3n) is 4.88. The van der Waals surface area contributed by atoms with E-state index in [1.807, 2.05) is 13.0 Å². The number of halogens is 1. The molecule has 1 aliphatic heterocycles. The first-order chi connectivity index (χ1) is 14.6. The molecule has 1 fully saturated rings. The highest BCUT2D eigenvalue weighted by Gasteiger charge is 2.30. The molecule has 0 aliphatic carbocycles. The summed E-state index contributed by atoms with van der Waals surface area (Å²) in [6, 6.07) is 6.96. The standard InChI is InChI=1S/C20H22ClN3O6S/c1-13-9-14(2)20(16(21)10-13)22-19(25)12-30-18-6-5-15(11-17(18)24(26)27)31(28,29)23-7-3-4-8-23/h5-6,9-11H,3-4,7-8,12H2,1-2H3,(H,22,25). The number of nitro benzene ring substituents is 1. The fourth-order valence-electron chi connectivity index (χ4n) is 3.39. The van der Waals surface area contributed by atoms with E-state index in [-0.39, 0.29) is 10.6 Å². The van der Waals surface area contributed by atoms with Gasteiger partial charge in [0.2, 0.25) is 10.0 Å². The van der Waals surface area contributed by atoms with Crippen molar-refractivity contribution in [2.45, 2.75) is 31.6 Å². The number of rotatable bonds is 7. The van der Waals surface area contributed by atoms with Crippen molar-refractivity contribution in [1.82, 2.24) is 4.31 Å². The van der Waals surface area contributed by atoms with Crippen LogP contribution in [0.4, 0.5) is 11.4 Å². The summed E-state index contributed by atoms with van der Waals surface area (Å²) >= 11 is 6.17. The minimum absolute atomic E-state index is 0.181. The van der Waals surface area contributed by atoms with E-state index >= 15 is 0 Å². The summed E-state index contributed by atoms with van der Waals surface area (Å²) in [5.41, 5.74) is 1.61. The summed E-state index contributed by atoms with van der Waals surface area (Å²) in [6.45, 7) is 3.92. The Hall–Kier alpha value is -2.69. The second-order valence-corrected chi connectivity index (χ2v) is 9.62. The second kappa shape index (κ2) is 9.21. The van der Waals surface area contributed by atoms with Gasteiger partial charge < -0.3 is 10.1 Å². The van der Waals surface area contributed by atoms with E-state index in [4.69, 9.17) is 16.3 Å². The molecule has 1 amide bonds. The molecule has 0 bridgehead atoms. The molecular formula is C20H22ClN3O6S. The topological polar surface area (TPSA) is 119 Å².